The van der Waals surface area contributed by atoms with Crippen molar-refractivity contribution in [1.29, 1.82) is 0 Å². The van der Waals surface area contributed by atoms with Crippen LogP contribution < -0.4 is 16.4 Å². The van der Waals surface area contributed by atoms with Gasteiger partial charge in [-0.15, -0.1) is 23.7 Å². The highest BCUT2D eigenvalue weighted by Gasteiger charge is 2.19. The molecule has 3 rings (SSSR count). The number of anilines is 1. The third-order valence-corrected chi connectivity index (χ3v) is 5.03. The van der Waals surface area contributed by atoms with Gasteiger partial charge in [-0.25, -0.2) is 0 Å². The fraction of sp³-hybridized carbons (Fsp3) is 0.368. The Kier molecular flexibility index (Phi) is 6.44. The highest BCUT2D eigenvalue weighted by molar-refractivity contribution is 7.14. The minimum atomic E-state index is -0.487. The van der Waals surface area contributed by atoms with Crippen molar-refractivity contribution in [3.05, 3.63) is 51.9 Å². The molecule has 4 N–H and O–H groups in total. The summed E-state index contributed by atoms with van der Waals surface area (Å²) in [5.74, 6) is -0.422. The van der Waals surface area contributed by atoms with E-state index in [0.717, 1.165) is 19.3 Å². The number of hydrogen-bond donors (Lipinski definition) is 3. The fourth-order valence-electron chi connectivity index (χ4n) is 2.88. The lowest BCUT2D eigenvalue weighted by Crippen LogP contribution is -2.45. The summed E-state index contributed by atoms with van der Waals surface area (Å²) < 4.78 is 0. The normalized spacial score (nSPS) is 12.9. The summed E-state index contributed by atoms with van der Waals surface area (Å²) in [5, 5.41) is 8.01. The predicted octanol–water partition coefficient (Wildman–Crippen LogP) is 3.38. The predicted molar refractivity (Wildman–Crippen MR) is 109 cm³/mol. The van der Waals surface area contributed by atoms with E-state index in [2.05, 4.69) is 10.6 Å². The number of benzene rings is 1. The molecule has 0 fully saturated rings. The Balaban J connectivity index is 0.00000243. The van der Waals surface area contributed by atoms with Gasteiger partial charge < -0.3 is 16.4 Å². The summed E-state index contributed by atoms with van der Waals surface area (Å²) in [6.07, 6.45) is 3.26. The van der Waals surface area contributed by atoms with Crippen molar-refractivity contribution < 1.29 is 9.59 Å². The van der Waals surface area contributed by atoms with Crippen LogP contribution in [-0.2, 0) is 12.8 Å². The summed E-state index contributed by atoms with van der Waals surface area (Å²) in [4.78, 5) is 24.9. The minimum Gasteiger partial charge on any atom is -0.350 e. The van der Waals surface area contributed by atoms with Crippen LogP contribution >= 0.6 is 23.7 Å². The quantitative estimate of drug-likeness (QED) is 0.728. The molecule has 140 valence electrons. The van der Waals surface area contributed by atoms with Gasteiger partial charge in [0.15, 0.2) is 0 Å². The van der Waals surface area contributed by atoms with Crippen LogP contribution in [0.5, 0.6) is 0 Å². The number of hydrogen-bond acceptors (Lipinski definition) is 4. The van der Waals surface area contributed by atoms with Crippen molar-refractivity contribution in [2.45, 2.75) is 38.6 Å². The molecule has 1 aliphatic rings. The first-order valence-corrected chi connectivity index (χ1v) is 9.29. The Morgan fingerprint density at radius 1 is 1.15 bits per heavy atom. The van der Waals surface area contributed by atoms with Crippen LogP contribution in [-0.4, -0.2) is 23.9 Å². The summed E-state index contributed by atoms with van der Waals surface area (Å²) in [5.41, 5.74) is 9.08. The molecule has 0 bridgehead atoms. The van der Waals surface area contributed by atoms with E-state index in [1.807, 2.05) is 32.0 Å². The van der Waals surface area contributed by atoms with E-state index < -0.39 is 5.54 Å². The lowest BCUT2D eigenvalue weighted by Gasteiger charge is -2.19. The third kappa shape index (κ3) is 4.84. The largest absolute Gasteiger partial charge is 0.350 e. The molecule has 1 heterocycles. The summed E-state index contributed by atoms with van der Waals surface area (Å²) >= 11 is 1.34. The number of aryl methyl sites for hydroxylation is 2. The van der Waals surface area contributed by atoms with E-state index in [0.29, 0.717) is 22.7 Å². The van der Waals surface area contributed by atoms with E-state index in [1.54, 1.807) is 11.4 Å². The van der Waals surface area contributed by atoms with Gasteiger partial charge in [0.2, 0.25) is 0 Å². The molecule has 1 aliphatic carbocycles. The zero-order valence-electron chi connectivity index (χ0n) is 14.9. The number of nitrogens with two attached hydrogens (primary N) is 1. The van der Waals surface area contributed by atoms with Gasteiger partial charge in [0, 0.05) is 17.6 Å². The number of carbonyl (C=O) groups excluding carboxylic acids is 2. The molecule has 0 saturated heterocycles. The topological polar surface area (TPSA) is 84.2 Å². The fourth-order valence-corrected chi connectivity index (χ4v) is 3.66. The van der Waals surface area contributed by atoms with Gasteiger partial charge >= 0.3 is 0 Å². The maximum absolute atomic E-state index is 12.5. The highest BCUT2D eigenvalue weighted by atomic mass is 35.5. The summed E-state index contributed by atoms with van der Waals surface area (Å²) in [7, 11) is 0. The van der Waals surface area contributed by atoms with Crippen LogP contribution in [0.2, 0.25) is 0 Å². The number of amides is 2. The second-order valence-electron chi connectivity index (χ2n) is 7.13. The number of carbonyl (C=O) groups is 2. The van der Waals surface area contributed by atoms with Crippen molar-refractivity contribution in [2.75, 3.05) is 11.9 Å². The van der Waals surface area contributed by atoms with Gasteiger partial charge in [0.25, 0.3) is 11.8 Å². The van der Waals surface area contributed by atoms with Gasteiger partial charge in [0.1, 0.15) is 5.00 Å². The highest BCUT2D eigenvalue weighted by Crippen LogP contribution is 2.26. The third-order valence-electron chi connectivity index (χ3n) is 4.20. The van der Waals surface area contributed by atoms with E-state index in [4.69, 9.17) is 5.73 Å². The molecular weight excluding hydrogens is 370 g/mol. The number of halogens is 1. The van der Waals surface area contributed by atoms with Crippen molar-refractivity contribution in [1.82, 2.24) is 5.32 Å². The average molecular weight is 394 g/mol. The van der Waals surface area contributed by atoms with Crippen LogP contribution in [0, 0.1) is 0 Å². The first-order valence-electron chi connectivity index (χ1n) is 8.41. The monoisotopic (exact) mass is 393 g/mol. The van der Waals surface area contributed by atoms with Gasteiger partial charge in [-0.1, -0.05) is 6.07 Å². The van der Waals surface area contributed by atoms with Crippen molar-refractivity contribution >= 4 is 40.6 Å². The van der Waals surface area contributed by atoms with Crippen LogP contribution in [0.3, 0.4) is 0 Å². The van der Waals surface area contributed by atoms with Crippen molar-refractivity contribution in [2.24, 2.45) is 5.73 Å². The molecule has 1 aromatic carbocycles. The molecule has 5 nitrogen and oxygen atoms in total. The van der Waals surface area contributed by atoms with Crippen LogP contribution in [0.1, 0.15) is 52.1 Å². The molecule has 0 spiro atoms. The zero-order valence-corrected chi connectivity index (χ0v) is 16.6. The molecule has 0 aliphatic heterocycles. The Hall–Kier alpha value is -1.89. The van der Waals surface area contributed by atoms with E-state index in [-0.39, 0.29) is 24.2 Å². The Morgan fingerprint density at radius 3 is 2.62 bits per heavy atom. The Morgan fingerprint density at radius 2 is 1.88 bits per heavy atom. The molecule has 26 heavy (non-hydrogen) atoms. The number of rotatable bonds is 5. The first kappa shape index (κ1) is 20.4. The van der Waals surface area contributed by atoms with Crippen molar-refractivity contribution in [3.8, 4) is 0 Å². The molecule has 2 amide bonds. The van der Waals surface area contributed by atoms with Crippen LogP contribution in [0.15, 0.2) is 29.6 Å². The molecule has 0 radical (unpaired) electrons. The average Bonchev–Trinajstić information content (AvgIpc) is 3.19. The molecular formula is C19H24ClN3O2S. The SMILES string of the molecule is CC(C)(N)CNC(=O)c1ccsc1NC(=O)c1ccc2c(c1)CCC2.Cl. The molecule has 0 atom stereocenters. The first-order chi connectivity index (χ1) is 11.8. The maximum atomic E-state index is 12.5. The Bertz CT molecular complexity index is 811. The molecule has 2 aromatic rings. The second-order valence-corrected chi connectivity index (χ2v) is 8.04. The molecule has 1 aromatic heterocycles. The Labute approximate surface area is 163 Å². The second kappa shape index (κ2) is 8.20. The van der Waals surface area contributed by atoms with Gasteiger partial charge in [0.05, 0.1) is 5.56 Å². The summed E-state index contributed by atoms with van der Waals surface area (Å²) in [6, 6.07) is 7.55. The van der Waals surface area contributed by atoms with E-state index in [1.165, 1.54) is 22.5 Å². The number of thiophene rings is 1. The molecule has 0 unspecified atom stereocenters. The van der Waals surface area contributed by atoms with E-state index >= 15 is 0 Å². The molecule has 0 saturated carbocycles. The van der Waals surface area contributed by atoms with Crippen molar-refractivity contribution in [3.63, 3.8) is 0 Å². The van der Waals surface area contributed by atoms with Crippen LogP contribution in [0.4, 0.5) is 5.00 Å². The van der Waals surface area contributed by atoms with Gasteiger partial charge in [-0.05, 0) is 67.8 Å². The minimum absolute atomic E-state index is 0. The van der Waals surface area contributed by atoms with Gasteiger partial charge in [-0.3, -0.25) is 9.59 Å². The lowest BCUT2D eigenvalue weighted by molar-refractivity contribution is 0.0947. The van der Waals surface area contributed by atoms with E-state index in [9.17, 15) is 9.59 Å². The van der Waals surface area contributed by atoms with Crippen LogP contribution in [0.25, 0.3) is 0 Å². The standard InChI is InChI=1S/C19H23N3O2S.ClH/c1-19(2,20)11-21-17(24)15-8-9-25-18(15)22-16(23)14-7-6-12-4-3-5-13(12)10-14;/h6-10H,3-5,11,20H2,1-2H3,(H,21,24)(H,22,23);1H. The number of fused-ring (bicyclic) bond motifs is 1. The molecule has 7 heteroatoms. The maximum Gasteiger partial charge on any atom is 0.256 e. The summed E-state index contributed by atoms with van der Waals surface area (Å²) in [6.45, 7) is 4.05. The zero-order chi connectivity index (χ0) is 18.0. The number of nitrogens with one attached hydrogen (secondary N) is 2. The smallest absolute Gasteiger partial charge is 0.256 e. The van der Waals surface area contributed by atoms with Gasteiger partial charge in [-0.2, -0.15) is 0 Å². The lowest BCUT2D eigenvalue weighted by atomic mass is 10.1.